The van der Waals surface area contributed by atoms with Crippen LogP contribution in [0.2, 0.25) is 0 Å². The SMILES string of the molecule is O=C(Cc1ccc(NC(=O)N2CCCCc3ccccc32)cc1)N1CCN(C2CCCCC2)CC1. The maximum absolute atomic E-state index is 13.0. The van der Waals surface area contributed by atoms with Crippen LogP contribution in [0.4, 0.5) is 16.2 Å². The third-order valence-electron chi connectivity index (χ3n) is 7.92. The van der Waals surface area contributed by atoms with Crippen LogP contribution in [0.25, 0.3) is 0 Å². The van der Waals surface area contributed by atoms with Crippen LogP contribution in [-0.2, 0) is 17.6 Å². The number of nitrogens with one attached hydrogen (secondary N) is 1. The van der Waals surface area contributed by atoms with E-state index in [2.05, 4.69) is 16.3 Å². The lowest BCUT2D eigenvalue weighted by atomic mass is 9.94. The topological polar surface area (TPSA) is 55.9 Å². The van der Waals surface area contributed by atoms with Crippen LogP contribution in [0.1, 0.15) is 56.1 Å². The molecule has 2 aliphatic heterocycles. The molecule has 6 nitrogen and oxygen atoms in total. The molecule has 2 aromatic rings. The van der Waals surface area contributed by atoms with Crippen molar-refractivity contribution in [2.45, 2.75) is 63.8 Å². The van der Waals surface area contributed by atoms with E-state index in [0.29, 0.717) is 6.42 Å². The molecule has 3 aliphatic rings. The van der Waals surface area contributed by atoms with Crippen molar-refractivity contribution in [1.82, 2.24) is 9.80 Å². The lowest BCUT2D eigenvalue weighted by Gasteiger charge is -2.40. The van der Waals surface area contributed by atoms with E-state index >= 15 is 0 Å². The summed E-state index contributed by atoms with van der Waals surface area (Å²) in [5, 5.41) is 3.05. The molecule has 1 saturated carbocycles. The number of fused-ring (bicyclic) bond motifs is 1. The molecule has 6 heteroatoms. The van der Waals surface area contributed by atoms with Gasteiger partial charge in [-0.15, -0.1) is 0 Å². The molecular weight excluding hydrogens is 436 g/mol. The molecule has 0 radical (unpaired) electrons. The number of carbonyl (C=O) groups is 2. The zero-order valence-electron chi connectivity index (χ0n) is 20.8. The summed E-state index contributed by atoms with van der Waals surface area (Å²) in [5.74, 6) is 0.200. The highest BCUT2D eigenvalue weighted by atomic mass is 16.2. The van der Waals surface area contributed by atoms with Gasteiger partial charge in [0.05, 0.1) is 6.42 Å². The quantitative estimate of drug-likeness (QED) is 0.672. The highest BCUT2D eigenvalue weighted by molar-refractivity contribution is 6.02. The summed E-state index contributed by atoms with van der Waals surface area (Å²) in [5.41, 5.74) is 3.98. The smallest absolute Gasteiger partial charge is 0.326 e. The van der Waals surface area contributed by atoms with Crippen LogP contribution in [-0.4, -0.2) is 60.5 Å². The fourth-order valence-electron chi connectivity index (χ4n) is 5.87. The van der Waals surface area contributed by atoms with Gasteiger partial charge in [0.25, 0.3) is 0 Å². The first-order valence-electron chi connectivity index (χ1n) is 13.4. The molecule has 35 heavy (non-hydrogen) atoms. The molecule has 2 fully saturated rings. The lowest BCUT2D eigenvalue weighted by molar-refractivity contribution is -0.132. The second-order valence-corrected chi connectivity index (χ2v) is 10.2. The molecule has 0 bridgehead atoms. The van der Waals surface area contributed by atoms with Gasteiger partial charge in [-0.3, -0.25) is 14.6 Å². The highest BCUT2D eigenvalue weighted by Crippen LogP contribution is 2.27. The fraction of sp³-hybridized carbons (Fsp3) is 0.517. The van der Waals surface area contributed by atoms with E-state index in [1.165, 1.54) is 37.7 Å². The molecule has 0 spiro atoms. The minimum Gasteiger partial charge on any atom is -0.340 e. The van der Waals surface area contributed by atoms with Crippen LogP contribution in [0.5, 0.6) is 0 Å². The van der Waals surface area contributed by atoms with Gasteiger partial charge in [-0.25, -0.2) is 4.79 Å². The monoisotopic (exact) mass is 474 g/mol. The molecule has 1 aliphatic carbocycles. The number of hydrogen-bond acceptors (Lipinski definition) is 3. The molecule has 1 N–H and O–H groups in total. The van der Waals surface area contributed by atoms with Crippen molar-refractivity contribution >= 4 is 23.3 Å². The number of anilines is 2. The number of aryl methyl sites for hydroxylation is 1. The summed E-state index contributed by atoms with van der Waals surface area (Å²) in [6.45, 7) is 4.40. The third-order valence-corrected chi connectivity index (χ3v) is 7.92. The molecule has 5 rings (SSSR count). The molecule has 0 unspecified atom stereocenters. The highest BCUT2D eigenvalue weighted by Gasteiger charge is 2.27. The Bertz CT molecular complexity index is 1010. The summed E-state index contributed by atoms with van der Waals surface area (Å²) in [7, 11) is 0. The van der Waals surface area contributed by atoms with Crippen molar-refractivity contribution in [3.05, 3.63) is 59.7 Å². The Kier molecular flexibility index (Phi) is 7.67. The predicted octanol–water partition coefficient (Wildman–Crippen LogP) is 5.08. The number of para-hydroxylation sites is 1. The van der Waals surface area contributed by atoms with E-state index in [-0.39, 0.29) is 11.9 Å². The van der Waals surface area contributed by atoms with Gasteiger partial charge >= 0.3 is 6.03 Å². The van der Waals surface area contributed by atoms with E-state index < -0.39 is 0 Å². The van der Waals surface area contributed by atoms with Crippen molar-refractivity contribution in [3.8, 4) is 0 Å². The molecule has 0 aromatic heterocycles. The molecule has 3 amide bonds. The number of rotatable bonds is 4. The van der Waals surface area contributed by atoms with Crippen LogP contribution >= 0.6 is 0 Å². The van der Waals surface area contributed by atoms with Gasteiger partial charge in [-0.05, 0) is 61.4 Å². The van der Waals surface area contributed by atoms with Crippen molar-refractivity contribution in [3.63, 3.8) is 0 Å². The molecule has 186 valence electrons. The van der Waals surface area contributed by atoms with Gasteiger partial charge in [-0.2, -0.15) is 0 Å². The molecule has 0 atom stereocenters. The molecule has 2 aromatic carbocycles. The number of hydrogen-bond donors (Lipinski definition) is 1. The Balaban J connectivity index is 1.13. The second-order valence-electron chi connectivity index (χ2n) is 10.2. The largest absolute Gasteiger partial charge is 0.340 e. The lowest BCUT2D eigenvalue weighted by Crippen LogP contribution is -2.52. The van der Waals surface area contributed by atoms with Crippen LogP contribution in [0, 0.1) is 0 Å². The van der Waals surface area contributed by atoms with Gasteiger partial charge in [0, 0.05) is 50.1 Å². The zero-order valence-corrected chi connectivity index (χ0v) is 20.8. The Morgan fingerprint density at radius 1 is 0.800 bits per heavy atom. The van der Waals surface area contributed by atoms with Crippen LogP contribution in [0.15, 0.2) is 48.5 Å². The maximum Gasteiger partial charge on any atom is 0.326 e. The normalized spacial score (nSPS) is 19.7. The minimum atomic E-state index is -0.0981. The van der Waals surface area contributed by atoms with Gasteiger partial charge in [0.2, 0.25) is 5.91 Å². The average Bonchev–Trinajstić information content (AvgIpc) is 3.13. The Morgan fingerprint density at radius 3 is 2.31 bits per heavy atom. The Labute approximate surface area is 209 Å². The van der Waals surface area contributed by atoms with E-state index in [0.717, 1.165) is 75.0 Å². The molecule has 1 saturated heterocycles. The number of benzene rings is 2. The number of piperazine rings is 1. The first-order chi connectivity index (χ1) is 17.2. The van der Waals surface area contributed by atoms with E-state index in [9.17, 15) is 9.59 Å². The standard InChI is InChI=1S/C29H38N4O2/c34-28(32-20-18-31(19-21-32)26-10-2-1-3-11-26)22-23-13-15-25(16-14-23)30-29(35)33-17-7-6-9-24-8-4-5-12-27(24)33/h4-5,8,12-16,26H,1-3,6-7,9-11,17-22H2,(H,30,35). The average molecular weight is 475 g/mol. The van der Waals surface area contributed by atoms with Crippen molar-refractivity contribution < 1.29 is 9.59 Å². The van der Waals surface area contributed by atoms with Crippen molar-refractivity contribution in [1.29, 1.82) is 0 Å². The van der Waals surface area contributed by atoms with Crippen LogP contribution in [0.3, 0.4) is 0 Å². The zero-order chi connectivity index (χ0) is 24.0. The maximum atomic E-state index is 13.0. The summed E-state index contributed by atoms with van der Waals surface area (Å²) in [6, 6.07) is 16.5. The van der Waals surface area contributed by atoms with Crippen molar-refractivity contribution in [2.24, 2.45) is 0 Å². The number of carbonyl (C=O) groups excluding carboxylic acids is 2. The van der Waals surface area contributed by atoms with Gasteiger partial charge in [0.15, 0.2) is 0 Å². The third kappa shape index (κ3) is 5.87. The first-order valence-corrected chi connectivity index (χ1v) is 13.4. The predicted molar refractivity (Wildman–Crippen MR) is 141 cm³/mol. The first kappa shape index (κ1) is 23.9. The molecular formula is C29H38N4O2. The number of urea groups is 1. The van der Waals surface area contributed by atoms with Gasteiger partial charge < -0.3 is 10.2 Å². The van der Waals surface area contributed by atoms with Crippen molar-refractivity contribution in [2.75, 3.05) is 42.9 Å². The second kappa shape index (κ2) is 11.3. The number of amides is 3. The minimum absolute atomic E-state index is 0.0981. The Morgan fingerprint density at radius 2 is 1.54 bits per heavy atom. The summed E-state index contributed by atoms with van der Waals surface area (Å²) in [4.78, 5) is 32.4. The summed E-state index contributed by atoms with van der Waals surface area (Å²) in [6.07, 6.45) is 10.2. The van der Waals surface area contributed by atoms with Gasteiger partial charge in [-0.1, -0.05) is 49.6 Å². The van der Waals surface area contributed by atoms with Gasteiger partial charge in [0.1, 0.15) is 0 Å². The van der Waals surface area contributed by atoms with E-state index in [1.807, 2.05) is 52.3 Å². The summed E-state index contributed by atoms with van der Waals surface area (Å²) >= 11 is 0. The fourth-order valence-corrected chi connectivity index (χ4v) is 5.87. The molecule has 2 heterocycles. The number of nitrogens with zero attached hydrogens (tertiary/aromatic N) is 3. The van der Waals surface area contributed by atoms with E-state index in [4.69, 9.17) is 0 Å². The van der Waals surface area contributed by atoms with Crippen LogP contribution < -0.4 is 10.2 Å². The summed E-state index contributed by atoms with van der Waals surface area (Å²) < 4.78 is 0. The van der Waals surface area contributed by atoms with E-state index in [1.54, 1.807) is 0 Å². The Hall–Kier alpha value is -2.86.